The van der Waals surface area contributed by atoms with Crippen LogP contribution in [0.1, 0.15) is 6.42 Å². The number of H-pyrrole nitrogens is 1. The van der Waals surface area contributed by atoms with Crippen molar-refractivity contribution in [1.82, 2.24) is 29.8 Å². The lowest BCUT2D eigenvalue weighted by atomic mass is 10.2. The fourth-order valence-corrected chi connectivity index (χ4v) is 3.22. The summed E-state index contributed by atoms with van der Waals surface area (Å²) in [4.78, 5) is 16.2. The molecule has 28 heavy (non-hydrogen) atoms. The van der Waals surface area contributed by atoms with E-state index >= 15 is 0 Å². The van der Waals surface area contributed by atoms with Crippen LogP contribution in [0.3, 0.4) is 0 Å². The summed E-state index contributed by atoms with van der Waals surface area (Å²) >= 11 is 3.42. The molecule has 0 aliphatic rings. The van der Waals surface area contributed by atoms with E-state index in [1.165, 1.54) is 0 Å². The maximum Gasteiger partial charge on any atom is 0.178 e. The van der Waals surface area contributed by atoms with Crippen molar-refractivity contribution in [1.29, 1.82) is 0 Å². The summed E-state index contributed by atoms with van der Waals surface area (Å²) in [6.45, 7) is 3.38. The highest BCUT2D eigenvalue weighted by atomic mass is 79.9. The standard InChI is InChI=1S/C20H21BrN6O/c21-16-12-18-20(24-13-16)26-19(25-18)15-2-4-17(5-3-15)28-11-8-22-6-1-9-27-10-7-23-14-27/h2-5,7,10,12-14,22H,1,6,8-9,11H2,(H,24,25,26). The Balaban J connectivity index is 1.22. The number of aromatic nitrogens is 5. The zero-order valence-electron chi connectivity index (χ0n) is 15.3. The molecule has 4 rings (SSSR count). The van der Waals surface area contributed by atoms with Gasteiger partial charge in [-0.3, -0.25) is 0 Å². The van der Waals surface area contributed by atoms with Gasteiger partial charge in [-0.2, -0.15) is 0 Å². The first-order valence-corrected chi connectivity index (χ1v) is 9.98. The van der Waals surface area contributed by atoms with Gasteiger partial charge in [-0.15, -0.1) is 0 Å². The Morgan fingerprint density at radius 2 is 2.07 bits per heavy atom. The first-order valence-electron chi connectivity index (χ1n) is 9.19. The van der Waals surface area contributed by atoms with E-state index in [9.17, 15) is 0 Å². The van der Waals surface area contributed by atoms with E-state index in [1.807, 2.05) is 42.9 Å². The molecule has 0 spiro atoms. The number of nitrogens with zero attached hydrogens (tertiary/aromatic N) is 4. The molecule has 0 aliphatic heterocycles. The van der Waals surface area contributed by atoms with Gasteiger partial charge in [-0.25, -0.2) is 15.0 Å². The Morgan fingerprint density at radius 1 is 1.18 bits per heavy atom. The molecule has 7 nitrogen and oxygen atoms in total. The average Bonchev–Trinajstić information content (AvgIpc) is 3.37. The van der Waals surface area contributed by atoms with Crippen molar-refractivity contribution in [3.8, 4) is 17.1 Å². The van der Waals surface area contributed by atoms with Crippen molar-refractivity contribution in [3.05, 3.63) is 59.7 Å². The smallest absolute Gasteiger partial charge is 0.178 e. The van der Waals surface area contributed by atoms with Gasteiger partial charge in [0.2, 0.25) is 0 Å². The molecular weight excluding hydrogens is 420 g/mol. The van der Waals surface area contributed by atoms with Gasteiger partial charge in [0.05, 0.1) is 11.8 Å². The highest BCUT2D eigenvalue weighted by Crippen LogP contribution is 2.23. The molecular formula is C20H21BrN6O. The van der Waals surface area contributed by atoms with Gasteiger partial charge in [0.25, 0.3) is 0 Å². The number of aromatic amines is 1. The van der Waals surface area contributed by atoms with Gasteiger partial charge in [-0.1, -0.05) is 0 Å². The molecule has 0 fully saturated rings. The first kappa shape index (κ1) is 18.6. The second kappa shape index (κ2) is 8.99. The lowest BCUT2D eigenvalue weighted by Gasteiger charge is -2.08. The predicted octanol–water partition coefficient (Wildman–Crippen LogP) is 3.64. The van der Waals surface area contributed by atoms with Crippen LogP contribution in [0.5, 0.6) is 5.75 Å². The summed E-state index contributed by atoms with van der Waals surface area (Å²) < 4.78 is 8.80. The quantitative estimate of drug-likeness (QED) is 0.388. The van der Waals surface area contributed by atoms with Crippen LogP contribution >= 0.6 is 15.9 Å². The zero-order valence-corrected chi connectivity index (χ0v) is 16.9. The predicted molar refractivity (Wildman–Crippen MR) is 112 cm³/mol. The summed E-state index contributed by atoms with van der Waals surface area (Å²) in [6, 6.07) is 9.90. The maximum absolute atomic E-state index is 5.80. The number of hydrogen-bond acceptors (Lipinski definition) is 5. The van der Waals surface area contributed by atoms with Crippen LogP contribution in [0.2, 0.25) is 0 Å². The van der Waals surface area contributed by atoms with Crippen molar-refractivity contribution in [2.75, 3.05) is 19.7 Å². The fraction of sp³-hybridized carbons (Fsp3) is 0.250. The van der Waals surface area contributed by atoms with Crippen molar-refractivity contribution < 1.29 is 4.74 Å². The van der Waals surface area contributed by atoms with E-state index in [1.54, 1.807) is 12.4 Å². The number of imidazole rings is 2. The Kier molecular flexibility index (Phi) is 5.98. The number of benzene rings is 1. The van der Waals surface area contributed by atoms with E-state index in [-0.39, 0.29) is 0 Å². The van der Waals surface area contributed by atoms with Gasteiger partial charge in [0.15, 0.2) is 5.65 Å². The molecule has 0 amide bonds. The summed E-state index contributed by atoms with van der Waals surface area (Å²) in [5.74, 6) is 1.65. The first-order chi connectivity index (χ1) is 13.8. The maximum atomic E-state index is 5.80. The molecule has 3 heterocycles. The van der Waals surface area contributed by atoms with Gasteiger partial charge in [0, 0.05) is 41.7 Å². The number of hydrogen-bond donors (Lipinski definition) is 2. The molecule has 0 radical (unpaired) electrons. The summed E-state index contributed by atoms with van der Waals surface area (Å²) in [6.07, 6.45) is 8.43. The van der Waals surface area contributed by atoms with E-state index in [4.69, 9.17) is 4.74 Å². The normalized spacial score (nSPS) is 11.2. The number of nitrogens with one attached hydrogen (secondary N) is 2. The molecule has 144 valence electrons. The van der Waals surface area contributed by atoms with Crippen LogP contribution in [0.4, 0.5) is 0 Å². The third kappa shape index (κ3) is 4.76. The van der Waals surface area contributed by atoms with E-state index in [2.05, 4.69) is 45.7 Å². The van der Waals surface area contributed by atoms with E-state index in [0.29, 0.717) is 12.3 Å². The molecule has 0 atom stereocenters. The molecule has 8 heteroatoms. The van der Waals surface area contributed by atoms with Crippen molar-refractivity contribution in [2.45, 2.75) is 13.0 Å². The summed E-state index contributed by atoms with van der Waals surface area (Å²) in [7, 11) is 0. The fourth-order valence-electron chi connectivity index (χ4n) is 2.89. The lowest BCUT2D eigenvalue weighted by Crippen LogP contribution is -2.22. The van der Waals surface area contributed by atoms with Crippen LogP contribution < -0.4 is 10.1 Å². The third-order valence-corrected chi connectivity index (χ3v) is 4.74. The Bertz CT molecular complexity index is 1010. The molecule has 0 aliphatic carbocycles. The van der Waals surface area contributed by atoms with Crippen molar-refractivity contribution in [3.63, 3.8) is 0 Å². The Labute approximate surface area is 171 Å². The molecule has 1 aromatic carbocycles. The SMILES string of the molecule is Brc1cnc2nc(-c3ccc(OCCNCCCn4ccnc4)cc3)[nH]c2c1. The molecule has 0 unspecified atom stereocenters. The molecule has 2 N–H and O–H groups in total. The summed E-state index contributed by atoms with van der Waals surface area (Å²) in [5, 5.41) is 3.39. The minimum Gasteiger partial charge on any atom is -0.492 e. The highest BCUT2D eigenvalue weighted by molar-refractivity contribution is 9.10. The largest absolute Gasteiger partial charge is 0.492 e. The average molecular weight is 441 g/mol. The number of fused-ring (bicyclic) bond motifs is 1. The van der Waals surface area contributed by atoms with E-state index in [0.717, 1.165) is 53.2 Å². The third-order valence-electron chi connectivity index (χ3n) is 4.31. The topological polar surface area (TPSA) is 80.7 Å². The number of pyridine rings is 1. The minimum absolute atomic E-state index is 0.632. The van der Waals surface area contributed by atoms with Crippen LogP contribution in [-0.2, 0) is 6.54 Å². The Morgan fingerprint density at radius 3 is 2.89 bits per heavy atom. The van der Waals surface area contributed by atoms with Crippen LogP contribution in [-0.4, -0.2) is 44.2 Å². The van der Waals surface area contributed by atoms with Gasteiger partial charge >= 0.3 is 0 Å². The summed E-state index contributed by atoms with van der Waals surface area (Å²) in [5.41, 5.74) is 2.61. The number of rotatable bonds is 9. The number of ether oxygens (including phenoxy) is 1. The second-order valence-corrected chi connectivity index (χ2v) is 7.30. The second-order valence-electron chi connectivity index (χ2n) is 6.39. The molecule has 3 aromatic heterocycles. The zero-order chi connectivity index (χ0) is 19.2. The number of halogens is 1. The molecule has 4 aromatic rings. The van der Waals surface area contributed by atoms with Crippen molar-refractivity contribution in [2.24, 2.45) is 0 Å². The van der Waals surface area contributed by atoms with Crippen LogP contribution in [0.15, 0.2) is 59.7 Å². The van der Waals surface area contributed by atoms with Gasteiger partial charge in [-0.05, 0) is 59.2 Å². The number of aryl methyl sites for hydroxylation is 1. The highest BCUT2D eigenvalue weighted by Gasteiger charge is 2.07. The van der Waals surface area contributed by atoms with Crippen LogP contribution in [0, 0.1) is 0 Å². The van der Waals surface area contributed by atoms with Crippen molar-refractivity contribution >= 4 is 27.1 Å². The monoisotopic (exact) mass is 440 g/mol. The minimum atomic E-state index is 0.632. The Hall–Kier alpha value is -2.71. The van der Waals surface area contributed by atoms with E-state index < -0.39 is 0 Å². The van der Waals surface area contributed by atoms with Gasteiger partial charge in [0.1, 0.15) is 18.2 Å². The molecule has 0 saturated heterocycles. The molecule has 0 bridgehead atoms. The molecule has 0 saturated carbocycles. The van der Waals surface area contributed by atoms with Crippen LogP contribution in [0.25, 0.3) is 22.6 Å². The van der Waals surface area contributed by atoms with Gasteiger partial charge < -0.3 is 19.6 Å². The lowest BCUT2D eigenvalue weighted by molar-refractivity contribution is 0.313.